The molecule has 1 rings (SSSR count). The summed E-state index contributed by atoms with van der Waals surface area (Å²) >= 11 is 3.41. The molecule has 0 bridgehead atoms. The minimum Gasteiger partial charge on any atom is -0.488 e. The van der Waals surface area contributed by atoms with Crippen LogP contribution in [0.1, 0.15) is 5.56 Å². The average molecular weight is 257 g/mol. The molecule has 0 atom stereocenters. The van der Waals surface area contributed by atoms with E-state index in [1.165, 1.54) is 0 Å². The summed E-state index contributed by atoms with van der Waals surface area (Å²) in [6, 6.07) is 5.78. The van der Waals surface area contributed by atoms with E-state index in [9.17, 15) is 0 Å². The van der Waals surface area contributed by atoms with Crippen LogP contribution in [-0.2, 0) is 6.42 Å². The number of rotatable bonds is 5. The molecule has 0 aliphatic carbocycles. The minimum atomic E-state index is 0.166. The largest absolute Gasteiger partial charge is 0.488 e. The molecule has 2 nitrogen and oxygen atoms in total. The Hall–Kier alpha value is -0.800. The number of halogens is 1. The smallest absolute Gasteiger partial charge is 0.133 e. The zero-order valence-electron chi connectivity index (χ0n) is 7.87. The van der Waals surface area contributed by atoms with Gasteiger partial charge >= 0.3 is 0 Å². The number of aliphatic hydroxyl groups is 1. The lowest BCUT2D eigenvalue weighted by Crippen LogP contribution is -1.95. The van der Waals surface area contributed by atoms with Crippen molar-refractivity contribution in [1.82, 2.24) is 0 Å². The molecule has 0 aromatic heterocycles. The highest BCUT2D eigenvalue weighted by atomic mass is 79.9. The molecule has 0 amide bonds. The minimum absolute atomic E-state index is 0.166. The Morgan fingerprint density at radius 2 is 2.29 bits per heavy atom. The lowest BCUT2D eigenvalue weighted by molar-refractivity contribution is 0.299. The Labute approximate surface area is 92.3 Å². The van der Waals surface area contributed by atoms with Crippen molar-refractivity contribution in [2.75, 3.05) is 13.2 Å². The summed E-state index contributed by atoms with van der Waals surface area (Å²) in [5.74, 6) is 0.798. The van der Waals surface area contributed by atoms with Gasteiger partial charge in [0, 0.05) is 6.61 Å². The zero-order chi connectivity index (χ0) is 10.4. The van der Waals surface area contributed by atoms with E-state index < -0.39 is 0 Å². The van der Waals surface area contributed by atoms with E-state index in [2.05, 4.69) is 22.5 Å². The van der Waals surface area contributed by atoms with Gasteiger partial charge in [-0.3, -0.25) is 0 Å². The van der Waals surface area contributed by atoms with Crippen molar-refractivity contribution in [2.24, 2.45) is 0 Å². The second-order valence-electron chi connectivity index (χ2n) is 2.84. The third-order valence-electron chi connectivity index (χ3n) is 1.75. The standard InChI is InChI=1S/C11H13BrO2/c1-2-7-14-11-4-3-9(5-6-13)8-10(11)12/h2-4,8,13H,1,5-7H2. The highest BCUT2D eigenvalue weighted by Gasteiger charge is 2.01. The summed E-state index contributed by atoms with van der Waals surface area (Å²) in [5.41, 5.74) is 1.09. The molecule has 0 unspecified atom stereocenters. The molecule has 1 aromatic rings. The molecule has 0 fully saturated rings. The first-order valence-corrected chi connectivity index (χ1v) is 5.20. The van der Waals surface area contributed by atoms with Crippen molar-refractivity contribution in [3.05, 3.63) is 40.9 Å². The third-order valence-corrected chi connectivity index (χ3v) is 2.37. The number of ether oxygens (including phenoxy) is 1. The molecule has 0 radical (unpaired) electrons. The van der Waals surface area contributed by atoms with E-state index in [0.29, 0.717) is 13.0 Å². The van der Waals surface area contributed by atoms with Gasteiger partial charge in [-0.25, -0.2) is 0 Å². The Morgan fingerprint density at radius 1 is 1.50 bits per heavy atom. The van der Waals surface area contributed by atoms with Crippen LogP contribution in [0.3, 0.4) is 0 Å². The molecule has 0 saturated carbocycles. The van der Waals surface area contributed by atoms with Gasteiger partial charge in [-0.1, -0.05) is 18.7 Å². The topological polar surface area (TPSA) is 29.5 Å². The molecule has 0 heterocycles. The number of aliphatic hydroxyl groups excluding tert-OH is 1. The van der Waals surface area contributed by atoms with E-state index in [1.807, 2.05) is 18.2 Å². The Kier molecular flexibility index (Phi) is 4.70. The fraction of sp³-hybridized carbons (Fsp3) is 0.273. The monoisotopic (exact) mass is 256 g/mol. The summed E-state index contributed by atoms with van der Waals surface area (Å²) in [5, 5.41) is 8.76. The van der Waals surface area contributed by atoms with Crippen molar-refractivity contribution < 1.29 is 9.84 Å². The van der Waals surface area contributed by atoms with Crippen LogP contribution in [0.15, 0.2) is 35.3 Å². The zero-order valence-corrected chi connectivity index (χ0v) is 9.46. The Bertz CT molecular complexity index is 310. The van der Waals surface area contributed by atoms with Crippen LogP contribution in [0.2, 0.25) is 0 Å². The van der Waals surface area contributed by atoms with Gasteiger partial charge in [0.25, 0.3) is 0 Å². The predicted octanol–water partition coefficient (Wildman–Crippen LogP) is 2.55. The van der Waals surface area contributed by atoms with Crippen LogP contribution in [0.25, 0.3) is 0 Å². The van der Waals surface area contributed by atoms with Crippen LogP contribution < -0.4 is 4.74 Å². The molecular formula is C11H13BrO2. The van der Waals surface area contributed by atoms with Crippen LogP contribution in [0.4, 0.5) is 0 Å². The summed E-state index contributed by atoms with van der Waals surface area (Å²) in [6.07, 6.45) is 2.37. The maximum Gasteiger partial charge on any atom is 0.133 e. The second-order valence-corrected chi connectivity index (χ2v) is 3.69. The molecule has 1 aromatic carbocycles. The van der Waals surface area contributed by atoms with Crippen molar-refractivity contribution >= 4 is 15.9 Å². The lowest BCUT2D eigenvalue weighted by Gasteiger charge is -2.07. The van der Waals surface area contributed by atoms with E-state index in [-0.39, 0.29) is 6.61 Å². The number of benzene rings is 1. The Morgan fingerprint density at radius 3 is 2.86 bits per heavy atom. The third kappa shape index (κ3) is 3.16. The molecule has 0 spiro atoms. The van der Waals surface area contributed by atoms with E-state index >= 15 is 0 Å². The van der Waals surface area contributed by atoms with Crippen molar-refractivity contribution in [1.29, 1.82) is 0 Å². The highest BCUT2D eigenvalue weighted by Crippen LogP contribution is 2.26. The maximum absolute atomic E-state index is 8.76. The van der Waals surface area contributed by atoms with Crippen LogP contribution in [0.5, 0.6) is 5.75 Å². The number of hydrogen-bond donors (Lipinski definition) is 1. The summed E-state index contributed by atoms with van der Waals surface area (Å²) in [4.78, 5) is 0. The molecule has 3 heteroatoms. The summed E-state index contributed by atoms with van der Waals surface area (Å²) in [7, 11) is 0. The van der Waals surface area contributed by atoms with E-state index in [0.717, 1.165) is 15.8 Å². The lowest BCUT2D eigenvalue weighted by atomic mass is 10.1. The van der Waals surface area contributed by atoms with Gasteiger partial charge in [-0.15, -0.1) is 0 Å². The molecule has 0 saturated heterocycles. The van der Waals surface area contributed by atoms with Gasteiger partial charge < -0.3 is 9.84 Å². The number of hydrogen-bond acceptors (Lipinski definition) is 2. The van der Waals surface area contributed by atoms with Gasteiger partial charge in [0.2, 0.25) is 0 Å². The van der Waals surface area contributed by atoms with Crippen LogP contribution in [-0.4, -0.2) is 18.3 Å². The second kappa shape index (κ2) is 5.83. The Balaban J connectivity index is 2.73. The first-order valence-electron chi connectivity index (χ1n) is 4.41. The van der Waals surface area contributed by atoms with Gasteiger partial charge in [-0.05, 0) is 40.0 Å². The molecule has 1 N–H and O–H groups in total. The molecule has 14 heavy (non-hydrogen) atoms. The highest BCUT2D eigenvalue weighted by molar-refractivity contribution is 9.10. The van der Waals surface area contributed by atoms with Gasteiger partial charge in [0.05, 0.1) is 4.47 Å². The predicted molar refractivity (Wildman–Crippen MR) is 60.6 cm³/mol. The normalized spacial score (nSPS) is 9.86. The van der Waals surface area contributed by atoms with Gasteiger partial charge in [0.15, 0.2) is 0 Å². The summed E-state index contributed by atoms with van der Waals surface area (Å²) < 4.78 is 6.30. The van der Waals surface area contributed by atoms with E-state index in [4.69, 9.17) is 9.84 Å². The van der Waals surface area contributed by atoms with Gasteiger partial charge in [-0.2, -0.15) is 0 Å². The van der Waals surface area contributed by atoms with Gasteiger partial charge in [0.1, 0.15) is 12.4 Å². The van der Waals surface area contributed by atoms with E-state index in [1.54, 1.807) is 6.08 Å². The quantitative estimate of drug-likeness (QED) is 0.821. The molecule has 0 aliphatic heterocycles. The SMILES string of the molecule is C=CCOc1ccc(CCO)cc1Br. The fourth-order valence-electron chi connectivity index (χ4n) is 1.09. The van der Waals surface area contributed by atoms with Crippen molar-refractivity contribution in [3.8, 4) is 5.75 Å². The van der Waals surface area contributed by atoms with Crippen LogP contribution in [0, 0.1) is 0 Å². The maximum atomic E-state index is 8.76. The first-order chi connectivity index (χ1) is 6.77. The van der Waals surface area contributed by atoms with Crippen LogP contribution >= 0.6 is 15.9 Å². The average Bonchev–Trinajstić information content (AvgIpc) is 2.17. The first kappa shape index (κ1) is 11.3. The molecular weight excluding hydrogens is 244 g/mol. The molecule has 76 valence electrons. The van der Waals surface area contributed by atoms with Crippen molar-refractivity contribution in [3.63, 3.8) is 0 Å². The summed E-state index contributed by atoms with van der Waals surface area (Å²) in [6.45, 7) is 4.24. The fourth-order valence-corrected chi connectivity index (χ4v) is 1.64. The van der Waals surface area contributed by atoms with Crippen molar-refractivity contribution in [2.45, 2.75) is 6.42 Å². The molecule has 0 aliphatic rings.